The molecule has 1 unspecified atom stereocenters. The van der Waals surface area contributed by atoms with Crippen LogP contribution in [0.4, 0.5) is 4.39 Å². The molecular formula is C42H38FN4O17PS2. The average molecular weight is 985 g/mol. The van der Waals surface area contributed by atoms with Crippen LogP contribution >= 0.6 is 18.9 Å². The van der Waals surface area contributed by atoms with E-state index < -0.39 is 71.2 Å². The summed E-state index contributed by atoms with van der Waals surface area (Å²) in [5.74, 6) is -6.89. The van der Waals surface area contributed by atoms with Crippen molar-refractivity contribution in [1.82, 2.24) is 15.4 Å². The fourth-order valence-electron chi connectivity index (χ4n) is 5.66. The van der Waals surface area contributed by atoms with Gasteiger partial charge in [-0.05, 0) is 53.9 Å². The minimum atomic E-state index is -4.76. The summed E-state index contributed by atoms with van der Waals surface area (Å²) in [7, 11) is -9.27. The fraction of sp³-hybridized carbons (Fsp3) is 0.214. The van der Waals surface area contributed by atoms with E-state index in [1.807, 2.05) is 4.72 Å². The second-order valence-electron chi connectivity index (χ2n) is 13.5. The van der Waals surface area contributed by atoms with Crippen molar-refractivity contribution in [2.45, 2.75) is 31.9 Å². The minimum absolute atomic E-state index is 0.0226. The molecule has 25 heteroatoms. The molecule has 0 spiro atoms. The van der Waals surface area contributed by atoms with E-state index >= 15 is 0 Å². The highest BCUT2D eigenvalue weighted by Gasteiger charge is 2.28. The summed E-state index contributed by atoms with van der Waals surface area (Å²) < 4.78 is 92.9. The number of esters is 4. The summed E-state index contributed by atoms with van der Waals surface area (Å²) in [4.78, 5) is 83.7. The molecule has 1 atom stereocenters. The smallest absolute Gasteiger partial charge is 0.391 e. The predicted molar refractivity (Wildman–Crippen MR) is 232 cm³/mol. The summed E-state index contributed by atoms with van der Waals surface area (Å²) in [6.07, 6.45) is -1.13. The molecule has 0 saturated heterocycles. The van der Waals surface area contributed by atoms with Crippen molar-refractivity contribution in [3.63, 3.8) is 0 Å². The number of nitriles is 1. The molecular weight excluding hydrogens is 947 g/mol. The van der Waals surface area contributed by atoms with Crippen molar-refractivity contribution in [2.24, 2.45) is 0 Å². The molecule has 4 aromatic carbocycles. The number of benzene rings is 4. The van der Waals surface area contributed by atoms with Crippen LogP contribution in [0, 0.1) is 17.1 Å². The molecule has 1 heterocycles. The number of rotatable bonds is 20. The van der Waals surface area contributed by atoms with E-state index in [2.05, 4.69) is 10.6 Å². The molecule has 0 radical (unpaired) electrons. The quantitative estimate of drug-likeness (QED) is 0.0355. The first-order chi connectivity index (χ1) is 31.7. The Kier molecular flexibility index (Phi) is 16.7. The summed E-state index contributed by atoms with van der Waals surface area (Å²) >= 11 is 0.731. The lowest BCUT2D eigenvalue weighted by molar-refractivity contribution is -0.134. The van der Waals surface area contributed by atoms with E-state index in [1.54, 1.807) is 6.07 Å². The van der Waals surface area contributed by atoms with Crippen LogP contribution in [0.5, 0.6) is 40.2 Å². The number of amides is 2. The van der Waals surface area contributed by atoms with Crippen molar-refractivity contribution in [2.75, 3.05) is 32.6 Å². The Hall–Kier alpha value is -7.42. The van der Waals surface area contributed by atoms with Crippen LogP contribution in [0.15, 0.2) is 77.0 Å². The van der Waals surface area contributed by atoms with Gasteiger partial charge in [0.2, 0.25) is 0 Å². The molecule has 5 rings (SSSR count). The number of halogens is 1. The Morgan fingerprint density at radius 1 is 0.716 bits per heavy atom. The van der Waals surface area contributed by atoms with Crippen molar-refractivity contribution in [1.29, 1.82) is 5.26 Å². The van der Waals surface area contributed by atoms with Crippen LogP contribution in [0.25, 0.3) is 10.1 Å². The number of hydrogen-bond donors (Lipinski definition) is 4. The zero-order valence-corrected chi connectivity index (χ0v) is 38.1. The van der Waals surface area contributed by atoms with E-state index in [4.69, 9.17) is 38.2 Å². The maximum Gasteiger partial charge on any atom is 0.391 e. The molecule has 0 fully saturated rings. The minimum Gasteiger partial charge on any atom is -0.488 e. The number of ether oxygens (including phenoxy) is 6. The SMILES string of the molecule is CC(=O)Oc1cccc(C(=O)NCCOc2cc3cc(S(=O)(=O)NCP(=O)(O)Oc4ccc(C#N)c(F)c4)sc3cc2OCCNC(=O)c2cccc(OC(C)=O)c2OC(C)=O)c1OC(C)=O. The maximum absolute atomic E-state index is 14.0. The van der Waals surface area contributed by atoms with Gasteiger partial charge in [0.1, 0.15) is 41.3 Å². The van der Waals surface area contributed by atoms with Gasteiger partial charge in [-0.3, -0.25) is 28.8 Å². The highest BCUT2D eigenvalue weighted by Crippen LogP contribution is 2.43. The van der Waals surface area contributed by atoms with Crippen LogP contribution in [0.1, 0.15) is 54.0 Å². The van der Waals surface area contributed by atoms with Gasteiger partial charge in [-0.25, -0.2) is 17.4 Å². The zero-order chi connectivity index (χ0) is 49.1. The third-order valence-corrected chi connectivity index (χ3v) is 12.6. The van der Waals surface area contributed by atoms with Crippen LogP contribution in [-0.2, 0) is 33.8 Å². The molecule has 0 aliphatic heterocycles. The van der Waals surface area contributed by atoms with Gasteiger partial charge in [0, 0.05) is 44.5 Å². The Labute approximate surface area is 384 Å². The molecule has 0 saturated carbocycles. The van der Waals surface area contributed by atoms with E-state index in [-0.39, 0.29) is 81.7 Å². The number of para-hydroxylation sites is 2. The molecule has 0 bridgehead atoms. The van der Waals surface area contributed by atoms with Crippen molar-refractivity contribution < 1.29 is 84.0 Å². The van der Waals surface area contributed by atoms with Gasteiger partial charge in [-0.1, -0.05) is 12.1 Å². The number of sulfonamides is 1. The Morgan fingerprint density at radius 2 is 1.22 bits per heavy atom. The first-order valence-corrected chi connectivity index (χ1v) is 23.3. The highest BCUT2D eigenvalue weighted by molar-refractivity contribution is 7.92. The number of carbonyl (C=O) groups is 6. The van der Waals surface area contributed by atoms with Gasteiger partial charge in [0.15, 0.2) is 34.5 Å². The van der Waals surface area contributed by atoms with Gasteiger partial charge >= 0.3 is 31.5 Å². The summed E-state index contributed by atoms with van der Waals surface area (Å²) in [5, 5.41) is 14.4. The van der Waals surface area contributed by atoms with Crippen molar-refractivity contribution in [3.8, 4) is 46.3 Å². The van der Waals surface area contributed by atoms with Crippen molar-refractivity contribution >= 4 is 74.7 Å². The first-order valence-electron chi connectivity index (χ1n) is 19.3. The largest absolute Gasteiger partial charge is 0.488 e. The maximum atomic E-state index is 14.0. The lowest BCUT2D eigenvalue weighted by atomic mass is 10.1. The van der Waals surface area contributed by atoms with Crippen molar-refractivity contribution in [3.05, 3.63) is 95.3 Å². The van der Waals surface area contributed by atoms with Crippen LogP contribution in [0.3, 0.4) is 0 Å². The molecule has 1 aromatic heterocycles. The van der Waals surface area contributed by atoms with Gasteiger partial charge in [-0.15, -0.1) is 11.3 Å². The number of fused-ring (bicyclic) bond motifs is 1. The summed E-state index contributed by atoms with van der Waals surface area (Å²) in [6, 6.07) is 16.5. The number of carbonyl (C=O) groups excluding carboxylic acids is 6. The molecule has 4 N–H and O–H groups in total. The first kappa shape index (κ1) is 50.6. The normalized spacial score (nSPS) is 11.8. The monoisotopic (exact) mass is 984 g/mol. The molecule has 352 valence electrons. The van der Waals surface area contributed by atoms with Crippen LogP contribution in [0.2, 0.25) is 0 Å². The molecule has 5 aromatic rings. The molecule has 21 nitrogen and oxygen atoms in total. The third-order valence-electron chi connectivity index (χ3n) is 8.32. The molecule has 0 aliphatic rings. The lowest BCUT2D eigenvalue weighted by Gasteiger charge is -2.16. The van der Waals surface area contributed by atoms with Gasteiger partial charge in [0.25, 0.3) is 21.8 Å². The Bertz CT molecular complexity index is 2840. The Balaban J connectivity index is 1.34. The van der Waals surface area contributed by atoms with E-state index in [9.17, 15) is 51.0 Å². The lowest BCUT2D eigenvalue weighted by Crippen LogP contribution is -2.29. The van der Waals surface area contributed by atoms with Gasteiger partial charge in [-0.2, -0.15) is 9.98 Å². The zero-order valence-electron chi connectivity index (χ0n) is 35.5. The standard InChI is InChI=1S/C42H38FN4O17PS2/c1-23(48)60-33-9-5-7-30(39(33)62-25(3)50)41(52)45-13-15-58-35-17-28-18-38(67(56,57)47-22-65(54,55)64-29-12-11-27(21-44)32(43)19-29)66-37(28)20-36(35)59-16-14-46-42(53)31-8-6-10-34(61-24(2)49)40(31)63-26(4)51/h5-12,17-20,47H,13-16,22H2,1-4H3,(H,45,52)(H,46,53)(H,54,55). The third kappa shape index (κ3) is 14.0. The second kappa shape index (κ2) is 22.2. The van der Waals surface area contributed by atoms with Crippen LogP contribution in [-0.4, -0.2) is 81.6 Å². The topological polar surface area (TPSA) is 298 Å². The molecule has 67 heavy (non-hydrogen) atoms. The summed E-state index contributed by atoms with van der Waals surface area (Å²) in [6.45, 7) is 3.60. The highest BCUT2D eigenvalue weighted by atomic mass is 32.2. The average Bonchev–Trinajstić information content (AvgIpc) is 3.67. The van der Waals surface area contributed by atoms with E-state index in [0.29, 0.717) is 16.2 Å². The van der Waals surface area contributed by atoms with E-state index in [0.717, 1.165) is 51.2 Å². The number of nitrogens with one attached hydrogen (secondary N) is 3. The van der Waals surface area contributed by atoms with E-state index in [1.165, 1.54) is 54.6 Å². The van der Waals surface area contributed by atoms with Crippen LogP contribution < -0.4 is 48.3 Å². The number of nitrogens with zero attached hydrogens (tertiary/aromatic N) is 1. The number of thiophene rings is 1. The van der Waals surface area contributed by atoms with Gasteiger partial charge in [0.05, 0.1) is 29.8 Å². The molecule has 2 amide bonds. The fourth-order valence-corrected chi connectivity index (χ4v) is 9.61. The Morgan fingerprint density at radius 3 is 1.70 bits per heavy atom. The second-order valence-corrected chi connectivity index (χ2v) is 18.4. The molecule has 0 aliphatic carbocycles. The van der Waals surface area contributed by atoms with Gasteiger partial charge < -0.3 is 48.5 Å². The predicted octanol–water partition coefficient (Wildman–Crippen LogP) is 4.73. The number of hydrogen-bond acceptors (Lipinski definition) is 18. The summed E-state index contributed by atoms with van der Waals surface area (Å²) in [5.41, 5.74) is -0.640.